The monoisotopic (exact) mass is 427 g/mol. The summed E-state index contributed by atoms with van der Waals surface area (Å²) in [6, 6.07) is 4.14. The van der Waals surface area contributed by atoms with E-state index in [1.807, 2.05) is 0 Å². The lowest BCUT2D eigenvalue weighted by Crippen LogP contribution is -2.59. The summed E-state index contributed by atoms with van der Waals surface area (Å²) in [4.78, 5) is 24.4. The van der Waals surface area contributed by atoms with Crippen LogP contribution in [0.25, 0.3) is 0 Å². The Balaban J connectivity index is 3.09. The molecule has 0 heterocycles. The van der Waals surface area contributed by atoms with Gasteiger partial charge in [0.1, 0.15) is 11.4 Å². The van der Waals surface area contributed by atoms with E-state index in [0.717, 1.165) is 31.4 Å². The van der Waals surface area contributed by atoms with E-state index in [1.165, 1.54) is 0 Å². The van der Waals surface area contributed by atoms with Crippen LogP contribution >= 0.6 is 0 Å². The first kappa shape index (κ1) is 23.7. The fourth-order valence-electron chi connectivity index (χ4n) is 1.94. The lowest BCUT2D eigenvalue weighted by molar-refractivity contribution is -0.170. The topological polar surface area (TPSA) is 122 Å². The van der Waals surface area contributed by atoms with Gasteiger partial charge in [0.05, 0.1) is 7.11 Å². The lowest BCUT2D eigenvalue weighted by atomic mass is 9.91. The molecule has 2 N–H and O–H groups in total. The Morgan fingerprint density at radius 1 is 1.04 bits per heavy atom. The second-order valence-corrected chi connectivity index (χ2v) is 8.31. The number of ether oxygens (including phenoxy) is 2. The van der Waals surface area contributed by atoms with Crippen LogP contribution in [0.4, 0.5) is 13.2 Å². The number of carbonyl (C=O) groups excluding carboxylic acids is 2. The molecule has 1 aromatic carbocycles. The maximum absolute atomic E-state index is 12.4. The van der Waals surface area contributed by atoms with Gasteiger partial charge in [-0.2, -0.15) is 21.6 Å². The van der Waals surface area contributed by atoms with Crippen LogP contribution in [0.2, 0.25) is 0 Å². The molecule has 0 fully saturated rings. The normalized spacial score (nSPS) is 14.7. The molecule has 28 heavy (non-hydrogen) atoms. The van der Waals surface area contributed by atoms with Crippen molar-refractivity contribution in [2.24, 2.45) is 5.73 Å². The fraction of sp³-hybridized carbons (Fsp3) is 0.500. The van der Waals surface area contributed by atoms with E-state index in [0.29, 0.717) is 0 Å². The molecule has 158 valence electrons. The maximum atomic E-state index is 12.4. The van der Waals surface area contributed by atoms with Gasteiger partial charge >= 0.3 is 27.6 Å². The van der Waals surface area contributed by atoms with Crippen LogP contribution < -0.4 is 9.92 Å². The van der Waals surface area contributed by atoms with Crippen molar-refractivity contribution < 1.29 is 44.8 Å². The van der Waals surface area contributed by atoms with Crippen molar-refractivity contribution in [3.05, 3.63) is 29.8 Å². The van der Waals surface area contributed by atoms with E-state index >= 15 is 0 Å². The van der Waals surface area contributed by atoms with Crippen molar-refractivity contribution >= 4 is 22.1 Å². The largest absolute Gasteiger partial charge is 0.534 e. The van der Waals surface area contributed by atoms with Crippen LogP contribution in [0.3, 0.4) is 0 Å². The van der Waals surface area contributed by atoms with Gasteiger partial charge in [0.25, 0.3) is 0 Å². The molecule has 0 unspecified atom stereocenters. The zero-order valence-corrected chi connectivity index (χ0v) is 16.3. The van der Waals surface area contributed by atoms with E-state index in [1.54, 1.807) is 20.8 Å². The first-order valence-corrected chi connectivity index (χ1v) is 9.13. The number of hydrogen-bond acceptors (Lipinski definition) is 8. The van der Waals surface area contributed by atoms with Crippen LogP contribution in [0, 0.1) is 0 Å². The summed E-state index contributed by atoms with van der Waals surface area (Å²) in [5.41, 5.74) is -2.62. The van der Waals surface area contributed by atoms with Crippen LogP contribution in [0.1, 0.15) is 26.3 Å². The van der Waals surface area contributed by atoms with E-state index in [9.17, 15) is 31.2 Å². The van der Waals surface area contributed by atoms with Crippen molar-refractivity contribution in [1.82, 2.24) is 0 Å². The standard InChI is InChI=1S/C16H20F3NO7S/c1-14(2,3)26-13(22)15(20,12(21)25-4)9-10-5-7-11(8-6-10)27-28(23,24)16(17,18)19/h5-8H,9,20H2,1-4H3/t15-/m1/s1. The highest BCUT2D eigenvalue weighted by Gasteiger charge is 2.49. The molecule has 0 radical (unpaired) electrons. The number of halogens is 3. The van der Waals surface area contributed by atoms with E-state index in [4.69, 9.17) is 10.5 Å². The van der Waals surface area contributed by atoms with Gasteiger partial charge in [-0.25, -0.2) is 9.59 Å². The van der Waals surface area contributed by atoms with Gasteiger partial charge in [-0.3, -0.25) is 0 Å². The number of hydrogen-bond donors (Lipinski definition) is 1. The highest BCUT2D eigenvalue weighted by Crippen LogP contribution is 2.27. The molecule has 1 atom stereocenters. The molecule has 0 spiro atoms. The Hall–Kier alpha value is -2.34. The van der Waals surface area contributed by atoms with Crippen molar-refractivity contribution in [2.75, 3.05) is 7.11 Å². The summed E-state index contributed by atoms with van der Waals surface area (Å²) in [5, 5.41) is 0. The number of alkyl halides is 3. The van der Waals surface area contributed by atoms with Crippen LogP contribution in [0.5, 0.6) is 5.75 Å². The second-order valence-electron chi connectivity index (χ2n) is 6.77. The van der Waals surface area contributed by atoms with Crippen molar-refractivity contribution in [2.45, 2.75) is 43.8 Å². The summed E-state index contributed by atoms with van der Waals surface area (Å²) in [6.45, 7) is 4.70. The Bertz CT molecular complexity index is 829. The van der Waals surface area contributed by atoms with Crippen LogP contribution in [-0.4, -0.2) is 44.1 Å². The summed E-state index contributed by atoms with van der Waals surface area (Å²) in [5.74, 6) is -2.76. The number of carbonyl (C=O) groups is 2. The average molecular weight is 427 g/mol. The molecular formula is C16H20F3NO7S. The molecule has 0 aliphatic heterocycles. The van der Waals surface area contributed by atoms with E-state index in [-0.39, 0.29) is 5.56 Å². The summed E-state index contributed by atoms with van der Waals surface area (Å²) < 4.78 is 72.7. The van der Waals surface area contributed by atoms with Crippen LogP contribution in [-0.2, 0) is 35.6 Å². The van der Waals surface area contributed by atoms with Gasteiger partial charge in [0.2, 0.25) is 5.54 Å². The minimum absolute atomic E-state index is 0.218. The second kappa shape index (κ2) is 7.95. The molecule has 0 amide bonds. The predicted molar refractivity (Wildman–Crippen MR) is 90.5 cm³/mol. The average Bonchev–Trinajstić information content (AvgIpc) is 2.52. The number of esters is 2. The van der Waals surface area contributed by atoms with Crippen molar-refractivity contribution in [1.29, 1.82) is 0 Å². The highest BCUT2D eigenvalue weighted by atomic mass is 32.2. The smallest absolute Gasteiger partial charge is 0.467 e. The van der Waals surface area contributed by atoms with Gasteiger partial charge in [-0.05, 0) is 38.5 Å². The SMILES string of the molecule is COC(=O)[C@](N)(Cc1ccc(OS(=O)(=O)C(F)(F)F)cc1)C(=O)OC(C)(C)C. The first-order chi connectivity index (χ1) is 12.5. The number of nitrogens with two attached hydrogens (primary N) is 1. The van der Waals surface area contributed by atoms with Crippen molar-refractivity contribution in [3.8, 4) is 5.75 Å². The summed E-state index contributed by atoms with van der Waals surface area (Å²) >= 11 is 0. The molecule has 8 nitrogen and oxygen atoms in total. The molecule has 0 saturated carbocycles. The van der Waals surface area contributed by atoms with E-state index in [2.05, 4.69) is 8.92 Å². The van der Waals surface area contributed by atoms with Gasteiger partial charge < -0.3 is 19.4 Å². The lowest BCUT2D eigenvalue weighted by Gasteiger charge is -2.29. The Morgan fingerprint density at radius 3 is 1.93 bits per heavy atom. The molecule has 12 heteroatoms. The molecule has 0 aliphatic carbocycles. The van der Waals surface area contributed by atoms with Gasteiger partial charge in [-0.15, -0.1) is 0 Å². The number of rotatable bonds is 6. The number of methoxy groups -OCH3 is 1. The zero-order chi connectivity index (χ0) is 22.0. The summed E-state index contributed by atoms with van der Waals surface area (Å²) in [6.07, 6.45) is -0.416. The van der Waals surface area contributed by atoms with Crippen molar-refractivity contribution in [3.63, 3.8) is 0 Å². The van der Waals surface area contributed by atoms with Gasteiger partial charge in [-0.1, -0.05) is 12.1 Å². The highest BCUT2D eigenvalue weighted by molar-refractivity contribution is 7.88. The molecule has 0 aromatic heterocycles. The maximum Gasteiger partial charge on any atom is 0.534 e. The minimum atomic E-state index is -5.82. The molecular weight excluding hydrogens is 407 g/mol. The van der Waals surface area contributed by atoms with E-state index < -0.39 is 50.9 Å². The quantitative estimate of drug-likeness (QED) is 0.315. The fourth-order valence-corrected chi connectivity index (χ4v) is 2.40. The van der Waals surface area contributed by atoms with Crippen LogP contribution in [0.15, 0.2) is 24.3 Å². The zero-order valence-electron chi connectivity index (χ0n) is 15.5. The molecule has 0 aliphatic rings. The summed E-state index contributed by atoms with van der Waals surface area (Å²) in [7, 11) is -4.80. The number of benzene rings is 1. The molecule has 0 bridgehead atoms. The molecule has 1 rings (SSSR count). The third kappa shape index (κ3) is 5.83. The third-order valence-electron chi connectivity index (χ3n) is 3.21. The van der Waals surface area contributed by atoms with Gasteiger partial charge in [0, 0.05) is 6.42 Å². The predicted octanol–water partition coefficient (Wildman–Crippen LogP) is 1.67. The Kier molecular flexibility index (Phi) is 6.73. The first-order valence-electron chi connectivity index (χ1n) is 7.72. The van der Waals surface area contributed by atoms with Gasteiger partial charge in [0.15, 0.2) is 0 Å². The molecule has 0 saturated heterocycles. The Morgan fingerprint density at radius 2 is 1.54 bits per heavy atom. The Labute approximate surface area is 159 Å². The third-order valence-corrected chi connectivity index (χ3v) is 4.19. The minimum Gasteiger partial charge on any atom is -0.467 e. The molecule has 1 aromatic rings.